The van der Waals surface area contributed by atoms with Gasteiger partial charge in [-0.3, -0.25) is 4.79 Å². The van der Waals surface area contributed by atoms with Gasteiger partial charge in [0.1, 0.15) is 0 Å². The number of hydrogen-bond acceptors (Lipinski definition) is 5. The SMILES string of the molecule is CSc1ccc(CN2CC(c3ncon3)CC2=O)cc1. The molecule has 0 aliphatic carbocycles. The molecule has 5 nitrogen and oxygen atoms in total. The summed E-state index contributed by atoms with van der Waals surface area (Å²) in [7, 11) is 0. The molecule has 0 N–H and O–H groups in total. The minimum Gasteiger partial charge on any atom is -0.343 e. The highest BCUT2D eigenvalue weighted by Gasteiger charge is 2.32. The van der Waals surface area contributed by atoms with Crippen molar-refractivity contribution < 1.29 is 9.32 Å². The Balaban J connectivity index is 1.67. The average molecular weight is 289 g/mol. The Morgan fingerprint density at radius 3 is 2.85 bits per heavy atom. The van der Waals surface area contributed by atoms with E-state index in [1.807, 2.05) is 4.90 Å². The Morgan fingerprint density at radius 2 is 2.20 bits per heavy atom. The van der Waals surface area contributed by atoms with Crippen LogP contribution in [0.5, 0.6) is 0 Å². The molecule has 0 spiro atoms. The maximum absolute atomic E-state index is 12.0. The van der Waals surface area contributed by atoms with Crippen LogP contribution in [0.3, 0.4) is 0 Å². The molecule has 1 aromatic carbocycles. The topological polar surface area (TPSA) is 59.2 Å². The molecule has 1 aliphatic heterocycles. The number of carbonyl (C=O) groups is 1. The van der Waals surface area contributed by atoms with Crippen molar-refractivity contribution >= 4 is 17.7 Å². The fourth-order valence-corrected chi connectivity index (χ4v) is 2.82. The van der Waals surface area contributed by atoms with Gasteiger partial charge >= 0.3 is 0 Å². The fourth-order valence-electron chi connectivity index (χ4n) is 2.41. The standard InChI is InChI=1S/C14H15N3O2S/c1-20-12-4-2-10(3-5-12)7-17-8-11(6-13(17)18)14-15-9-19-16-14/h2-5,9,11H,6-8H2,1H3. The Labute approximate surface area is 121 Å². The summed E-state index contributed by atoms with van der Waals surface area (Å²) in [6, 6.07) is 8.30. The minimum atomic E-state index is 0.0479. The fraction of sp³-hybridized carbons (Fsp3) is 0.357. The van der Waals surface area contributed by atoms with Gasteiger partial charge in [0.15, 0.2) is 5.82 Å². The summed E-state index contributed by atoms with van der Waals surface area (Å²) >= 11 is 1.71. The molecule has 104 valence electrons. The summed E-state index contributed by atoms with van der Waals surface area (Å²) in [5.41, 5.74) is 1.14. The quantitative estimate of drug-likeness (QED) is 0.808. The Morgan fingerprint density at radius 1 is 1.40 bits per heavy atom. The number of benzene rings is 1. The number of thioether (sulfide) groups is 1. The molecule has 1 aliphatic rings. The molecule has 1 aromatic heterocycles. The van der Waals surface area contributed by atoms with Gasteiger partial charge in [-0.25, -0.2) is 0 Å². The molecule has 1 amide bonds. The molecule has 1 fully saturated rings. The monoisotopic (exact) mass is 289 g/mol. The van der Waals surface area contributed by atoms with Crippen molar-refractivity contribution in [1.82, 2.24) is 15.0 Å². The van der Waals surface area contributed by atoms with Gasteiger partial charge in [-0.15, -0.1) is 11.8 Å². The van der Waals surface area contributed by atoms with E-state index in [0.717, 1.165) is 5.56 Å². The Bertz CT molecular complexity index is 583. The zero-order chi connectivity index (χ0) is 13.9. The van der Waals surface area contributed by atoms with Crippen LogP contribution >= 0.6 is 11.8 Å². The van der Waals surface area contributed by atoms with Gasteiger partial charge in [-0.2, -0.15) is 4.98 Å². The summed E-state index contributed by atoms with van der Waals surface area (Å²) < 4.78 is 4.75. The molecular formula is C14H15N3O2S. The van der Waals surface area contributed by atoms with E-state index in [-0.39, 0.29) is 11.8 Å². The molecule has 1 unspecified atom stereocenters. The molecule has 3 rings (SSSR count). The first-order valence-corrected chi connectivity index (χ1v) is 7.65. The van der Waals surface area contributed by atoms with Crippen molar-refractivity contribution in [2.75, 3.05) is 12.8 Å². The van der Waals surface area contributed by atoms with Gasteiger partial charge in [-0.1, -0.05) is 17.3 Å². The van der Waals surface area contributed by atoms with E-state index in [2.05, 4.69) is 40.7 Å². The lowest BCUT2D eigenvalue weighted by Gasteiger charge is -2.16. The van der Waals surface area contributed by atoms with Crippen molar-refractivity contribution in [2.45, 2.75) is 23.8 Å². The Hall–Kier alpha value is -1.82. The summed E-state index contributed by atoms with van der Waals surface area (Å²) in [6.45, 7) is 1.30. The molecule has 2 heterocycles. The second kappa shape index (κ2) is 5.66. The van der Waals surface area contributed by atoms with E-state index in [4.69, 9.17) is 4.52 Å². The zero-order valence-corrected chi connectivity index (χ0v) is 12.0. The van der Waals surface area contributed by atoms with Gasteiger partial charge in [0, 0.05) is 30.3 Å². The van der Waals surface area contributed by atoms with E-state index in [0.29, 0.717) is 25.3 Å². The first-order chi connectivity index (χ1) is 9.76. The molecule has 0 bridgehead atoms. The molecular weight excluding hydrogens is 274 g/mol. The summed E-state index contributed by atoms with van der Waals surface area (Å²) in [6.07, 6.45) is 3.82. The lowest BCUT2D eigenvalue weighted by atomic mass is 10.1. The number of carbonyl (C=O) groups excluding carboxylic acids is 1. The van der Waals surface area contributed by atoms with Gasteiger partial charge in [0.25, 0.3) is 0 Å². The zero-order valence-electron chi connectivity index (χ0n) is 11.2. The highest BCUT2D eigenvalue weighted by molar-refractivity contribution is 7.98. The predicted molar refractivity (Wildman–Crippen MR) is 75.3 cm³/mol. The predicted octanol–water partition coefficient (Wildman–Crippen LogP) is 2.31. The number of amides is 1. The van der Waals surface area contributed by atoms with Gasteiger partial charge in [0.2, 0.25) is 12.3 Å². The van der Waals surface area contributed by atoms with Crippen LogP contribution in [0.25, 0.3) is 0 Å². The molecule has 0 radical (unpaired) electrons. The van der Waals surface area contributed by atoms with E-state index < -0.39 is 0 Å². The van der Waals surface area contributed by atoms with Crippen molar-refractivity contribution in [3.05, 3.63) is 42.0 Å². The second-order valence-corrected chi connectivity index (χ2v) is 5.69. The largest absolute Gasteiger partial charge is 0.343 e. The molecule has 1 saturated heterocycles. The average Bonchev–Trinajstić information content (AvgIpc) is 3.10. The molecule has 2 aromatic rings. The first kappa shape index (κ1) is 13.2. The van der Waals surface area contributed by atoms with E-state index in [1.54, 1.807) is 11.8 Å². The first-order valence-electron chi connectivity index (χ1n) is 6.43. The Kier molecular flexibility index (Phi) is 3.73. The van der Waals surface area contributed by atoms with Gasteiger partial charge < -0.3 is 9.42 Å². The van der Waals surface area contributed by atoms with Gasteiger partial charge in [-0.05, 0) is 24.0 Å². The molecule has 0 saturated carbocycles. The van der Waals surface area contributed by atoms with Crippen LogP contribution in [-0.2, 0) is 11.3 Å². The summed E-state index contributed by atoms with van der Waals surface area (Å²) in [4.78, 5) is 19.2. The third-order valence-electron chi connectivity index (χ3n) is 3.49. The third-order valence-corrected chi connectivity index (χ3v) is 4.23. The van der Waals surface area contributed by atoms with Crippen LogP contribution in [0.1, 0.15) is 23.7 Å². The number of hydrogen-bond donors (Lipinski definition) is 0. The molecule has 6 heteroatoms. The normalized spacial score (nSPS) is 18.8. The van der Waals surface area contributed by atoms with E-state index in [9.17, 15) is 4.79 Å². The smallest absolute Gasteiger partial charge is 0.223 e. The number of rotatable bonds is 4. The molecule has 1 atom stereocenters. The summed E-state index contributed by atoms with van der Waals surface area (Å²) in [5.74, 6) is 0.819. The lowest BCUT2D eigenvalue weighted by molar-refractivity contribution is -0.128. The van der Waals surface area contributed by atoms with Crippen molar-refractivity contribution in [3.63, 3.8) is 0 Å². The minimum absolute atomic E-state index is 0.0479. The number of likely N-dealkylation sites (tertiary alicyclic amines) is 1. The van der Waals surface area contributed by atoms with Crippen LogP contribution in [0.2, 0.25) is 0 Å². The van der Waals surface area contributed by atoms with Crippen molar-refractivity contribution in [3.8, 4) is 0 Å². The van der Waals surface area contributed by atoms with E-state index >= 15 is 0 Å². The van der Waals surface area contributed by atoms with Gasteiger partial charge in [0.05, 0.1) is 0 Å². The third kappa shape index (κ3) is 2.70. The van der Waals surface area contributed by atoms with Crippen LogP contribution in [0, 0.1) is 0 Å². The summed E-state index contributed by atoms with van der Waals surface area (Å²) in [5, 5.41) is 3.83. The highest BCUT2D eigenvalue weighted by Crippen LogP contribution is 2.27. The van der Waals surface area contributed by atoms with E-state index in [1.165, 1.54) is 11.3 Å². The van der Waals surface area contributed by atoms with Crippen molar-refractivity contribution in [2.24, 2.45) is 0 Å². The maximum atomic E-state index is 12.0. The van der Waals surface area contributed by atoms with Crippen molar-refractivity contribution in [1.29, 1.82) is 0 Å². The lowest BCUT2D eigenvalue weighted by Crippen LogP contribution is -2.24. The highest BCUT2D eigenvalue weighted by atomic mass is 32.2. The van der Waals surface area contributed by atoms with Crippen LogP contribution in [0.4, 0.5) is 0 Å². The maximum Gasteiger partial charge on any atom is 0.223 e. The number of nitrogens with zero attached hydrogens (tertiary/aromatic N) is 3. The van der Waals surface area contributed by atoms with Crippen LogP contribution < -0.4 is 0 Å². The number of aromatic nitrogens is 2. The van der Waals surface area contributed by atoms with Crippen LogP contribution in [-0.4, -0.2) is 33.7 Å². The second-order valence-electron chi connectivity index (χ2n) is 4.81. The van der Waals surface area contributed by atoms with Crippen LogP contribution in [0.15, 0.2) is 40.1 Å². The molecule has 20 heavy (non-hydrogen) atoms.